The van der Waals surface area contributed by atoms with Crippen molar-refractivity contribution in [2.75, 3.05) is 0 Å². The van der Waals surface area contributed by atoms with Gasteiger partial charge in [-0.25, -0.2) is 4.39 Å². The summed E-state index contributed by atoms with van der Waals surface area (Å²) in [6.07, 6.45) is 2.31. The highest BCUT2D eigenvalue weighted by molar-refractivity contribution is 6.32. The summed E-state index contributed by atoms with van der Waals surface area (Å²) in [6, 6.07) is 3.11. The van der Waals surface area contributed by atoms with Gasteiger partial charge in [-0.05, 0) is 42.9 Å². The summed E-state index contributed by atoms with van der Waals surface area (Å²) in [5.74, 6) is 0.262. The van der Waals surface area contributed by atoms with E-state index in [1.807, 2.05) is 0 Å². The molecule has 1 aromatic carbocycles. The summed E-state index contributed by atoms with van der Waals surface area (Å²) in [4.78, 5) is 0. The first kappa shape index (κ1) is 10.3. The molecule has 1 saturated carbocycles. The Morgan fingerprint density at radius 1 is 1.43 bits per heavy atom. The number of rotatable bonds is 2. The van der Waals surface area contributed by atoms with Crippen molar-refractivity contribution in [1.29, 1.82) is 0 Å². The maximum absolute atomic E-state index is 13.1. The van der Waals surface area contributed by atoms with Gasteiger partial charge in [-0.2, -0.15) is 0 Å². The highest BCUT2D eigenvalue weighted by Crippen LogP contribution is 2.47. The number of alkyl halides is 1. The largest absolute Gasteiger partial charge is 0.207 e. The van der Waals surface area contributed by atoms with Gasteiger partial charge in [0.25, 0.3) is 0 Å². The van der Waals surface area contributed by atoms with Crippen molar-refractivity contribution in [2.45, 2.75) is 25.1 Å². The molecule has 14 heavy (non-hydrogen) atoms. The monoisotopic (exact) mass is 232 g/mol. The van der Waals surface area contributed by atoms with Gasteiger partial charge < -0.3 is 0 Å². The van der Waals surface area contributed by atoms with Gasteiger partial charge in [0, 0.05) is 5.02 Å². The molecule has 2 rings (SSSR count). The van der Waals surface area contributed by atoms with Gasteiger partial charge in [0.05, 0.1) is 5.38 Å². The topological polar surface area (TPSA) is 0 Å². The number of hydrogen-bond donors (Lipinski definition) is 0. The van der Waals surface area contributed by atoms with Gasteiger partial charge in [-0.1, -0.05) is 17.7 Å². The number of aryl methyl sites for hydroxylation is 1. The van der Waals surface area contributed by atoms with Crippen LogP contribution in [0.15, 0.2) is 12.1 Å². The molecule has 1 aliphatic rings. The molecule has 0 N–H and O–H groups in total. The minimum Gasteiger partial charge on any atom is -0.207 e. The third-order valence-corrected chi connectivity index (χ3v) is 3.53. The molecule has 0 aliphatic heterocycles. The first-order valence-electron chi connectivity index (χ1n) is 4.69. The summed E-state index contributed by atoms with van der Waals surface area (Å²) in [5, 5.41) is 0.391. The van der Waals surface area contributed by atoms with Crippen LogP contribution in [0.25, 0.3) is 0 Å². The van der Waals surface area contributed by atoms with E-state index >= 15 is 0 Å². The smallest absolute Gasteiger partial charge is 0.127 e. The Labute approximate surface area is 93.0 Å². The molecule has 3 heteroatoms. The van der Waals surface area contributed by atoms with E-state index in [4.69, 9.17) is 23.2 Å². The Morgan fingerprint density at radius 3 is 2.64 bits per heavy atom. The molecular formula is C11H11Cl2F. The quantitative estimate of drug-likeness (QED) is 0.660. The maximum Gasteiger partial charge on any atom is 0.127 e. The Kier molecular flexibility index (Phi) is 2.72. The Bertz CT molecular complexity index is 359. The van der Waals surface area contributed by atoms with E-state index < -0.39 is 0 Å². The molecule has 0 aromatic heterocycles. The van der Waals surface area contributed by atoms with Crippen molar-refractivity contribution >= 4 is 23.2 Å². The van der Waals surface area contributed by atoms with Crippen molar-refractivity contribution in [3.05, 3.63) is 34.1 Å². The van der Waals surface area contributed by atoms with Crippen LogP contribution < -0.4 is 0 Å². The van der Waals surface area contributed by atoms with E-state index in [9.17, 15) is 4.39 Å². The molecule has 0 nitrogen and oxygen atoms in total. The fourth-order valence-electron chi connectivity index (χ4n) is 1.53. The van der Waals surface area contributed by atoms with E-state index in [2.05, 4.69) is 0 Å². The zero-order chi connectivity index (χ0) is 10.3. The highest BCUT2D eigenvalue weighted by atomic mass is 35.5. The van der Waals surface area contributed by atoms with E-state index in [1.54, 1.807) is 13.0 Å². The van der Waals surface area contributed by atoms with Crippen molar-refractivity contribution < 1.29 is 4.39 Å². The molecule has 0 radical (unpaired) electrons. The summed E-state index contributed by atoms with van der Waals surface area (Å²) >= 11 is 12.2. The zero-order valence-electron chi connectivity index (χ0n) is 7.86. The highest BCUT2D eigenvalue weighted by Gasteiger charge is 2.32. The second kappa shape index (κ2) is 3.71. The lowest BCUT2D eigenvalue weighted by atomic mass is 10.1. The molecular weight excluding hydrogens is 222 g/mol. The maximum atomic E-state index is 13.1. The van der Waals surface area contributed by atoms with Crippen LogP contribution in [0.3, 0.4) is 0 Å². The molecule has 0 amide bonds. The van der Waals surface area contributed by atoms with Crippen LogP contribution >= 0.6 is 23.2 Å². The van der Waals surface area contributed by atoms with Crippen LogP contribution in [0.4, 0.5) is 4.39 Å². The lowest BCUT2D eigenvalue weighted by molar-refractivity contribution is 0.616. The second-order valence-corrected chi connectivity index (χ2v) is 4.74. The Hall–Kier alpha value is -0.270. The van der Waals surface area contributed by atoms with Gasteiger partial charge in [0.2, 0.25) is 0 Å². The molecule has 0 saturated heterocycles. The predicted molar refractivity (Wildman–Crippen MR) is 57.5 cm³/mol. The average molecular weight is 233 g/mol. The van der Waals surface area contributed by atoms with Gasteiger partial charge >= 0.3 is 0 Å². The molecule has 1 fully saturated rings. The van der Waals surface area contributed by atoms with E-state index in [1.165, 1.54) is 6.07 Å². The van der Waals surface area contributed by atoms with Crippen LogP contribution in [0, 0.1) is 18.7 Å². The van der Waals surface area contributed by atoms with Crippen LogP contribution in [0.5, 0.6) is 0 Å². The van der Waals surface area contributed by atoms with E-state index in [0.717, 1.165) is 18.4 Å². The van der Waals surface area contributed by atoms with Crippen LogP contribution in [0.1, 0.15) is 29.3 Å². The van der Waals surface area contributed by atoms with Crippen LogP contribution in [-0.2, 0) is 0 Å². The third-order valence-electron chi connectivity index (χ3n) is 2.61. The molecule has 1 aliphatic carbocycles. The second-order valence-electron chi connectivity index (χ2n) is 3.86. The first-order valence-corrected chi connectivity index (χ1v) is 5.50. The summed E-state index contributed by atoms with van der Waals surface area (Å²) in [5.41, 5.74) is 1.48. The molecule has 1 unspecified atom stereocenters. The van der Waals surface area contributed by atoms with Crippen molar-refractivity contribution in [3.8, 4) is 0 Å². The molecule has 0 bridgehead atoms. The molecule has 0 spiro atoms. The van der Waals surface area contributed by atoms with Gasteiger partial charge in [0.15, 0.2) is 0 Å². The Balaban J connectivity index is 2.36. The summed E-state index contributed by atoms with van der Waals surface area (Å²) < 4.78 is 13.1. The number of halogens is 3. The number of hydrogen-bond acceptors (Lipinski definition) is 0. The van der Waals surface area contributed by atoms with Gasteiger partial charge in [-0.15, -0.1) is 11.6 Å². The first-order chi connectivity index (χ1) is 6.59. The molecule has 1 aromatic rings. The molecule has 1 atom stereocenters. The third kappa shape index (κ3) is 1.89. The Morgan fingerprint density at radius 2 is 2.07 bits per heavy atom. The normalized spacial score (nSPS) is 18.3. The zero-order valence-corrected chi connectivity index (χ0v) is 9.37. The van der Waals surface area contributed by atoms with Crippen molar-refractivity contribution in [3.63, 3.8) is 0 Å². The van der Waals surface area contributed by atoms with Crippen LogP contribution in [0.2, 0.25) is 5.02 Å². The predicted octanol–water partition coefficient (Wildman–Crippen LogP) is 4.48. The SMILES string of the molecule is Cc1cc(C(Cl)C2CC2)c(Cl)cc1F. The minimum absolute atomic E-state index is 0.0539. The summed E-state index contributed by atoms with van der Waals surface area (Å²) in [6.45, 7) is 1.73. The average Bonchev–Trinajstić information content (AvgIpc) is 2.93. The number of benzene rings is 1. The van der Waals surface area contributed by atoms with Gasteiger partial charge in [0.1, 0.15) is 5.82 Å². The minimum atomic E-state index is -0.265. The fourth-order valence-corrected chi connectivity index (χ4v) is 2.29. The van der Waals surface area contributed by atoms with Crippen molar-refractivity contribution in [2.24, 2.45) is 5.92 Å². The lowest BCUT2D eigenvalue weighted by Gasteiger charge is -2.11. The van der Waals surface area contributed by atoms with E-state index in [-0.39, 0.29) is 11.2 Å². The molecule has 76 valence electrons. The fraction of sp³-hybridized carbons (Fsp3) is 0.455. The van der Waals surface area contributed by atoms with Gasteiger partial charge in [-0.3, -0.25) is 0 Å². The van der Waals surface area contributed by atoms with E-state index in [0.29, 0.717) is 16.5 Å². The molecule has 0 heterocycles. The lowest BCUT2D eigenvalue weighted by Crippen LogP contribution is -1.96. The van der Waals surface area contributed by atoms with Crippen molar-refractivity contribution in [1.82, 2.24) is 0 Å². The van der Waals surface area contributed by atoms with Crippen LogP contribution in [-0.4, -0.2) is 0 Å². The standard InChI is InChI=1S/C11H11Cl2F/c1-6-4-8(9(12)5-10(6)14)11(13)7-2-3-7/h4-5,7,11H,2-3H2,1H3. The summed E-state index contributed by atoms with van der Waals surface area (Å²) in [7, 11) is 0.